The number of hydrogen-bond donors (Lipinski definition) is 3. The zero-order chi connectivity index (χ0) is 12.4. The summed E-state index contributed by atoms with van der Waals surface area (Å²) in [5.41, 5.74) is 1.12. The first kappa shape index (κ1) is 11.9. The Labute approximate surface area is 102 Å². The molecule has 1 aromatic rings. The quantitative estimate of drug-likeness (QED) is 0.749. The SMILES string of the molecule is O=C(O)c1ccc([C@H]2N[C@H](C(=O)O)CS2)cc1. The molecule has 1 aliphatic rings. The second-order valence-electron chi connectivity index (χ2n) is 3.70. The third-order valence-electron chi connectivity index (χ3n) is 2.54. The Balaban J connectivity index is 2.09. The number of carbonyl (C=O) groups is 2. The predicted octanol–water partition coefficient (Wildman–Crippen LogP) is 1.17. The molecule has 0 aliphatic carbocycles. The highest BCUT2D eigenvalue weighted by Crippen LogP contribution is 2.32. The van der Waals surface area contributed by atoms with Gasteiger partial charge in [-0.15, -0.1) is 11.8 Å². The third-order valence-corrected chi connectivity index (χ3v) is 3.81. The van der Waals surface area contributed by atoms with Gasteiger partial charge >= 0.3 is 11.9 Å². The molecule has 0 radical (unpaired) electrons. The van der Waals surface area contributed by atoms with Crippen LogP contribution >= 0.6 is 11.8 Å². The molecule has 1 aliphatic heterocycles. The molecular formula is C11H11NO4S. The van der Waals surface area contributed by atoms with Crippen molar-refractivity contribution in [3.8, 4) is 0 Å². The fourth-order valence-corrected chi connectivity index (χ4v) is 2.84. The van der Waals surface area contributed by atoms with Gasteiger partial charge in [0.25, 0.3) is 0 Å². The Morgan fingerprint density at radius 1 is 1.24 bits per heavy atom. The van der Waals surface area contributed by atoms with Crippen LogP contribution in [0.5, 0.6) is 0 Å². The molecule has 5 nitrogen and oxygen atoms in total. The lowest BCUT2D eigenvalue weighted by molar-refractivity contribution is -0.138. The van der Waals surface area contributed by atoms with Crippen molar-refractivity contribution in [1.29, 1.82) is 0 Å². The lowest BCUT2D eigenvalue weighted by atomic mass is 10.1. The minimum Gasteiger partial charge on any atom is -0.480 e. The maximum Gasteiger partial charge on any atom is 0.335 e. The van der Waals surface area contributed by atoms with Gasteiger partial charge in [-0.1, -0.05) is 12.1 Å². The van der Waals surface area contributed by atoms with Crippen LogP contribution in [-0.2, 0) is 4.79 Å². The Kier molecular flexibility index (Phi) is 3.35. The van der Waals surface area contributed by atoms with E-state index in [0.29, 0.717) is 5.75 Å². The van der Waals surface area contributed by atoms with Crippen molar-refractivity contribution in [2.75, 3.05) is 5.75 Å². The minimum absolute atomic E-state index is 0.0843. The summed E-state index contributed by atoms with van der Waals surface area (Å²) in [4.78, 5) is 21.4. The molecule has 2 atom stereocenters. The highest BCUT2D eigenvalue weighted by molar-refractivity contribution is 7.99. The van der Waals surface area contributed by atoms with Gasteiger partial charge < -0.3 is 10.2 Å². The Hall–Kier alpha value is -1.53. The minimum atomic E-state index is -0.966. The van der Waals surface area contributed by atoms with Gasteiger partial charge in [0.1, 0.15) is 6.04 Å². The molecule has 90 valence electrons. The van der Waals surface area contributed by atoms with Crippen LogP contribution in [-0.4, -0.2) is 33.9 Å². The van der Waals surface area contributed by atoms with Gasteiger partial charge in [0.2, 0.25) is 0 Å². The van der Waals surface area contributed by atoms with Crippen LogP contribution in [0.3, 0.4) is 0 Å². The van der Waals surface area contributed by atoms with E-state index in [2.05, 4.69) is 5.32 Å². The number of thioether (sulfide) groups is 1. The van der Waals surface area contributed by atoms with Crippen molar-refractivity contribution in [1.82, 2.24) is 5.32 Å². The van der Waals surface area contributed by atoms with Gasteiger partial charge in [-0.25, -0.2) is 4.79 Å². The Bertz CT molecular complexity index is 445. The summed E-state index contributed by atoms with van der Waals surface area (Å²) < 4.78 is 0. The predicted molar refractivity (Wildman–Crippen MR) is 63.2 cm³/mol. The molecule has 0 bridgehead atoms. The first-order valence-electron chi connectivity index (χ1n) is 5.01. The first-order valence-corrected chi connectivity index (χ1v) is 6.06. The zero-order valence-electron chi connectivity index (χ0n) is 8.79. The lowest BCUT2D eigenvalue weighted by Gasteiger charge is -2.11. The van der Waals surface area contributed by atoms with Gasteiger partial charge in [0, 0.05) is 5.75 Å². The van der Waals surface area contributed by atoms with Crippen LogP contribution in [0.1, 0.15) is 21.3 Å². The summed E-state index contributed by atoms with van der Waals surface area (Å²) in [6.45, 7) is 0. The van der Waals surface area contributed by atoms with E-state index in [-0.39, 0.29) is 10.9 Å². The van der Waals surface area contributed by atoms with Crippen LogP contribution in [0.2, 0.25) is 0 Å². The van der Waals surface area contributed by atoms with Gasteiger partial charge in [-0.05, 0) is 17.7 Å². The number of nitrogens with one attached hydrogen (secondary N) is 1. The molecule has 0 aromatic heterocycles. The monoisotopic (exact) mass is 253 g/mol. The van der Waals surface area contributed by atoms with Crippen LogP contribution in [0, 0.1) is 0 Å². The summed E-state index contributed by atoms with van der Waals surface area (Å²) in [5, 5.41) is 20.5. The average Bonchev–Trinajstić information content (AvgIpc) is 2.78. The van der Waals surface area contributed by atoms with Crippen molar-refractivity contribution in [2.24, 2.45) is 0 Å². The van der Waals surface area contributed by atoms with Crippen molar-refractivity contribution in [3.63, 3.8) is 0 Å². The average molecular weight is 253 g/mol. The van der Waals surface area contributed by atoms with E-state index in [1.807, 2.05) is 0 Å². The van der Waals surface area contributed by atoms with Gasteiger partial charge in [-0.3, -0.25) is 10.1 Å². The molecule has 1 aromatic carbocycles. The molecule has 2 rings (SSSR count). The van der Waals surface area contributed by atoms with E-state index < -0.39 is 18.0 Å². The molecule has 1 heterocycles. The molecule has 0 spiro atoms. The molecular weight excluding hydrogens is 242 g/mol. The highest BCUT2D eigenvalue weighted by atomic mass is 32.2. The second kappa shape index (κ2) is 4.77. The number of aromatic carboxylic acids is 1. The topological polar surface area (TPSA) is 86.6 Å². The van der Waals surface area contributed by atoms with Gasteiger partial charge in [0.05, 0.1) is 10.9 Å². The third kappa shape index (κ3) is 2.59. The fourth-order valence-electron chi connectivity index (χ4n) is 1.61. The van der Waals surface area contributed by atoms with E-state index in [1.54, 1.807) is 12.1 Å². The summed E-state index contributed by atoms with van der Waals surface area (Å²) in [7, 11) is 0. The largest absolute Gasteiger partial charge is 0.480 e. The van der Waals surface area contributed by atoms with Crippen LogP contribution < -0.4 is 5.32 Å². The number of carboxylic acid groups (broad SMARTS) is 2. The standard InChI is InChI=1S/C11H11NO4S/c13-10(14)7-3-1-6(2-4-7)9-12-8(5-17-9)11(15)16/h1-4,8-9,12H,5H2,(H,13,14)(H,15,16)/t8-,9-/m0/s1. The van der Waals surface area contributed by atoms with Crippen molar-refractivity contribution < 1.29 is 19.8 Å². The van der Waals surface area contributed by atoms with Crippen LogP contribution in [0.25, 0.3) is 0 Å². The summed E-state index contributed by atoms with van der Waals surface area (Å²) in [6, 6.07) is 5.92. The molecule has 3 N–H and O–H groups in total. The number of hydrogen-bond acceptors (Lipinski definition) is 4. The molecule has 0 amide bonds. The normalized spacial score (nSPS) is 23.5. The highest BCUT2D eigenvalue weighted by Gasteiger charge is 2.30. The smallest absolute Gasteiger partial charge is 0.335 e. The number of carboxylic acids is 2. The van der Waals surface area contributed by atoms with Crippen molar-refractivity contribution in [3.05, 3.63) is 35.4 Å². The zero-order valence-corrected chi connectivity index (χ0v) is 9.61. The van der Waals surface area contributed by atoms with Crippen molar-refractivity contribution in [2.45, 2.75) is 11.4 Å². The molecule has 1 saturated heterocycles. The Morgan fingerprint density at radius 3 is 2.35 bits per heavy atom. The van der Waals surface area contributed by atoms with E-state index in [1.165, 1.54) is 23.9 Å². The van der Waals surface area contributed by atoms with Gasteiger partial charge in [0.15, 0.2) is 0 Å². The number of benzene rings is 1. The van der Waals surface area contributed by atoms with Crippen LogP contribution in [0.15, 0.2) is 24.3 Å². The van der Waals surface area contributed by atoms with E-state index in [0.717, 1.165) is 5.56 Å². The molecule has 1 fully saturated rings. The van der Waals surface area contributed by atoms with E-state index in [4.69, 9.17) is 10.2 Å². The maximum atomic E-state index is 10.8. The fraction of sp³-hybridized carbons (Fsp3) is 0.273. The molecule has 0 unspecified atom stereocenters. The summed E-state index contributed by atoms with van der Waals surface area (Å²) >= 11 is 1.51. The summed E-state index contributed by atoms with van der Waals surface area (Å²) in [6.07, 6.45) is 0. The van der Waals surface area contributed by atoms with Gasteiger partial charge in [-0.2, -0.15) is 0 Å². The summed E-state index contributed by atoms with van der Waals surface area (Å²) in [5.74, 6) is -1.31. The van der Waals surface area contributed by atoms with E-state index >= 15 is 0 Å². The molecule has 6 heteroatoms. The lowest BCUT2D eigenvalue weighted by Crippen LogP contribution is -2.33. The number of aliphatic carboxylic acids is 1. The van der Waals surface area contributed by atoms with Crippen molar-refractivity contribution >= 4 is 23.7 Å². The second-order valence-corrected chi connectivity index (χ2v) is 4.84. The first-order chi connectivity index (χ1) is 8.08. The maximum absolute atomic E-state index is 10.8. The molecule has 0 saturated carbocycles. The van der Waals surface area contributed by atoms with E-state index in [9.17, 15) is 9.59 Å². The molecule has 17 heavy (non-hydrogen) atoms. The van der Waals surface area contributed by atoms with Crippen LogP contribution in [0.4, 0.5) is 0 Å². The Morgan fingerprint density at radius 2 is 1.88 bits per heavy atom. The number of rotatable bonds is 3.